The molecule has 0 spiro atoms. The van der Waals surface area contributed by atoms with Crippen LogP contribution < -0.4 is 5.32 Å². The molecule has 1 saturated heterocycles. The molecule has 0 radical (unpaired) electrons. The van der Waals surface area contributed by atoms with Gasteiger partial charge in [0.15, 0.2) is 0 Å². The lowest BCUT2D eigenvalue weighted by Crippen LogP contribution is -2.28. The standard InChI is InChI=1S/C19H20N2O2/c1-14-6-5-9-17(10-14)20-19(23)16-11-18(22)21(13-16)12-15-7-3-2-4-8-15/h2-10,16H,11-13H2,1H3,(H,20,23)/t16-/m1/s1. The number of hydrogen-bond acceptors (Lipinski definition) is 2. The van der Waals surface area contributed by atoms with Crippen molar-refractivity contribution < 1.29 is 9.59 Å². The fraction of sp³-hybridized carbons (Fsp3) is 0.263. The highest BCUT2D eigenvalue weighted by atomic mass is 16.2. The van der Waals surface area contributed by atoms with Gasteiger partial charge >= 0.3 is 0 Å². The molecule has 1 aliphatic heterocycles. The molecule has 23 heavy (non-hydrogen) atoms. The van der Waals surface area contributed by atoms with Crippen LogP contribution in [0.25, 0.3) is 0 Å². The molecule has 0 bridgehead atoms. The number of rotatable bonds is 4. The van der Waals surface area contributed by atoms with Crippen molar-refractivity contribution in [3.05, 3.63) is 65.7 Å². The number of aryl methyl sites for hydroxylation is 1. The SMILES string of the molecule is Cc1cccc(NC(=O)[C@@H]2CC(=O)N(Cc3ccccc3)C2)c1. The van der Waals surface area contributed by atoms with Crippen molar-refractivity contribution in [2.24, 2.45) is 5.92 Å². The van der Waals surface area contributed by atoms with E-state index in [4.69, 9.17) is 0 Å². The zero-order valence-corrected chi connectivity index (χ0v) is 13.2. The number of carbonyl (C=O) groups excluding carboxylic acids is 2. The topological polar surface area (TPSA) is 49.4 Å². The van der Waals surface area contributed by atoms with E-state index in [2.05, 4.69) is 5.32 Å². The lowest BCUT2D eigenvalue weighted by Gasteiger charge is -2.16. The van der Waals surface area contributed by atoms with Gasteiger partial charge in [0, 0.05) is 25.2 Å². The molecular formula is C19H20N2O2. The molecule has 1 aliphatic rings. The van der Waals surface area contributed by atoms with Crippen molar-refractivity contribution in [2.75, 3.05) is 11.9 Å². The Labute approximate surface area is 136 Å². The molecule has 3 rings (SSSR count). The molecular weight excluding hydrogens is 288 g/mol. The summed E-state index contributed by atoms with van der Waals surface area (Å²) in [4.78, 5) is 26.3. The molecule has 0 saturated carbocycles. The summed E-state index contributed by atoms with van der Waals surface area (Å²) in [5.74, 6) is -0.329. The molecule has 2 aromatic carbocycles. The predicted octanol–water partition coefficient (Wildman–Crippen LogP) is 2.98. The van der Waals surface area contributed by atoms with E-state index < -0.39 is 0 Å². The van der Waals surface area contributed by atoms with Crippen molar-refractivity contribution in [2.45, 2.75) is 19.9 Å². The van der Waals surface area contributed by atoms with E-state index in [1.165, 1.54) is 0 Å². The van der Waals surface area contributed by atoms with Gasteiger partial charge in [-0.15, -0.1) is 0 Å². The first-order chi connectivity index (χ1) is 11.1. The fourth-order valence-corrected chi connectivity index (χ4v) is 2.87. The van der Waals surface area contributed by atoms with Crippen LogP contribution in [0.2, 0.25) is 0 Å². The average Bonchev–Trinajstić information content (AvgIpc) is 2.89. The van der Waals surface area contributed by atoms with E-state index in [9.17, 15) is 9.59 Å². The van der Waals surface area contributed by atoms with Gasteiger partial charge in [-0.05, 0) is 30.2 Å². The number of hydrogen-bond donors (Lipinski definition) is 1. The van der Waals surface area contributed by atoms with Crippen LogP contribution in [-0.2, 0) is 16.1 Å². The van der Waals surface area contributed by atoms with Gasteiger partial charge in [-0.1, -0.05) is 42.5 Å². The Morgan fingerprint density at radius 3 is 2.70 bits per heavy atom. The molecule has 118 valence electrons. The summed E-state index contributed by atoms with van der Waals surface area (Å²) in [5.41, 5.74) is 2.96. The highest BCUT2D eigenvalue weighted by Crippen LogP contribution is 2.22. The normalized spacial score (nSPS) is 17.3. The number of amides is 2. The summed E-state index contributed by atoms with van der Waals surface area (Å²) < 4.78 is 0. The number of nitrogens with zero attached hydrogens (tertiary/aromatic N) is 1. The minimum absolute atomic E-state index is 0.0400. The fourth-order valence-electron chi connectivity index (χ4n) is 2.87. The van der Waals surface area contributed by atoms with Crippen LogP contribution in [0.4, 0.5) is 5.69 Å². The van der Waals surface area contributed by atoms with Crippen LogP contribution >= 0.6 is 0 Å². The monoisotopic (exact) mass is 308 g/mol. The van der Waals surface area contributed by atoms with E-state index >= 15 is 0 Å². The Hall–Kier alpha value is -2.62. The second-order valence-electron chi connectivity index (χ2n) is 6.02. The van der Waals surface area contributed by atoms with Gasteiger partial charge < -0.3 is 10.2 Å². The van der Waals surface area contributed by atoms with Gasteiger partial charge in [0.2, 0.25) is 11.8 Å². The van der Waals surface area contributed by atoms with Gasteiger partial charge in [-0.2, -0.15) is 0 Å². The van der Waals surface area contributed by atoms with E-state index in [-0.39, 0.29) is 24.2 Å². The van der Waals surface area contributed by atoms with Crippen molar-refractivity contribution in [3.8, 4) is 0 Å². The molecule has 0 aromatic heterocycles. The van der Waals surface area contributed by atoms with Crippen molar-refractivity contribution in [1.82, 2.24) is 4.90 Å². The van der Waals surface area contributed by atoms with Gasteiger partial charge in [0.05, 0.1) is 5.92 Å². The maximum absolute atomic E-state index is 12.4. The summed E-state index contributed by atoms with van der Waals surface area (Å²) in [6, 6.07) is 17.5. The van der Waals surface area contributed by atoms with Crippen molar-refractivity contribution in [1.29, 1.82) is 0 Å². The lowest BCUT2D eigenvalue weighted by molar-refractivity contribution is -0.128. The molecule has 1 N–H and O–H groups in total. The predicted molar refractivity (Wildman–Crippen MR) is 89.8 cm³/mol. The minimum Gasteiger partial charge on any atom is -0.338 e. The summed E-state index contributed by atoms with van der Waals surface area (Å²) in [6.07, 6.45) is 0.282. The molecule has 4 nitrogen and oxygen atoms in total. The van der Waals surface area contributed by atoms with Crippen LogP contribution in [-0.4, -0.2) is 23.3 Å². The molecule has 1 fully saturated rings. The number of likely N-dealkylation sites (tertiary alicyclic amines) is 1. The molecule has 2 amide bonds. The smallest absolute Gasteiger partial charge is 0.229 e. The van der Waals surface area contributed by atoms with Gasteiger partial charge in [0.25, 0.3) is 0 Å². The quantitative estimate of drug-likeness (QED) is 0.944. The zero-order chi connectivity index (χ0) is 16.2. The maximum atomic E-state index is 12.4. The number of anilines is 1. The van der Waals surface area contributed by atoms with Crippen LogP contribution in [0.15, 0.2) is 54.6 Å². The van der Waals surface area contributed by atoms with Crippen LogP contribution in [0.1, 0.15) is 17.5 Å². The van der Waals surface area contributed by atoms with E-state index in [0.717, 1.165) is 16.8 Å². The van der Waals surface area contributed by atoms with Crippen LogP contribution in [0.5, 0.6) is 0 Å². The second kappa shape index (κ2) is 6.65. The highest BCUT2D eigenvalue weighted by Gasteiger charge is 2.34. The summed E-state index contributed by atoms with van der Waals surface area (Å²) in [7, 11) is 0. The summed E-state index contributed by atoms with van der Waals surface area (Å²) >= 11 is 0. The Morgan fingerprint density at radius 1 is 1.17 bits per heavy atom. The average molecular weight is 308 g/mol. The highest BCUT2D eigenvalue weighted by molar-refractivity contribution is 5.97. The third kappa shape index (κ3) is 3.77. The Kier molecular flexibility index (Phi) is 4.42. The Balaban J connectivity index is 1.61. The summed E-state index contributed by atoms with van der Waals surface area (Å²) in [5, 5.41) is 2.91. The van der Waals surface area contributed by atoms with Gasteiger partial charge in [-0.3, -0.25) is 9.59 Å². The van der Waals surface area contributed by atoms with Crippen molar-refractivity contribution in [3.63, 3.8) is 0 Å². The molecule has 2 aromatic rings. The zero-order valence-electron chi connectivity index (χ0n) is 13.2. The molecule has 1 atom stereocenters. The van der Waals surface area contributed by atoms with Crippen LogP contribution in [0, 0.1) is 12.8 Å². The minimum atomic E-state index is -0.285. The second-order valence-corrected chi connectivity index (χ2v) is 6.02. The van der Waals surface area contributed by atoms with Crippen LogP contribution in [0.3, 0.4) is 0 Å². The van der Waals surface area contributed by atoms with E-state index in [0.29, 0.717) is 13.1 Å². The first-order valence-electron chi connectivity index (χ1n) is 7.81. The van der Waals surface area contributed by atoms with Gasteiger partial charge in [0.1, 0.15) is 0 Å². The first kappa shape index (κ1) is 15.3. The third-order valence-electron chi connectivity index (χ3n) is 4.09. The van der Waals surface area contributed by atoms with E-state index in [1.54, 1.807) is 4.90 Å². The third-order valence-corrected chi connectivity index (χ3v) is 4.09. The van der Waals surface area contributed by atoms with E-state index in [1.807, 2.05) is 61.5 Å². The maximum Gasteiger partial charge on any atom is 0.229 e. The number of nitrogens with one attached hydrogen (secondary N) is 1. The lowest BCUT2D eigenvalue weighted by atomic mass is 10.1. The molecule has 0 unspecified atom stereocenters. The Morgan fingerprint density at radius 2 is 1.96 bits per heavy atom. The van der Waals surface area contributed by atoms with Crippen molar-refractivity contribution >= 4 is 17.5 Å². The van der Waals surface area contributed by atoms with Gasteiger partial charge in [-0.25, -0.2) is 0 Å². The summed E-state index contributed by atoms with van der Waals surface area (Å²) in [6.45, 7) is 3.02. The molecule has 0 aliphatic carbocycles. The molecule has 4 heteroatoms. The number of benzene rings is 2. The first-order valence-corrected chi connectivity index (χ1v) is 7.81. The molecule has 1 heterocycles. The number of carbonyl (C=O) groups is 2. The Bertz CT molecular complexity index is 712. The largest absolute Gasteiger partial charge is 0.338 e.